The second-order valence-electron chi connectivity index (χ2n) is 14.4. The van der Waals surface area contributed by atoms with Crippen LogP contribution in [0.25, 0.3) is 49.7 Å². The second kappa shape index (κ2) is 10.6. The molecule has 0 amide bonds. The van der Waals surface area contributed by atoms with E-state index in [2.05, 4.69) is 191 Å². The highest BCUT2D eigenvalue weighted by atomic mass is 16.5. The molecule has 3 nitrogen and oxygen atoms in total. The van der Waals surface area contributed by atoms with Crippen molar-refractivity contribution in [2.75, 3.05) is 4.90 Å². The molecule has 0 saturated carbocycles. The van der Waals surface area contributed by atoms with Crippen molar-refractivity contribution < 1.29 is 4.74 Å². The predicted molar refractivity (Wildman–Crippen MR) is 215 cm³/mol. The summed E-state index contributed by atoms with van der Waals surface area (Å²) in [6.45, 7) is 0. The van der Waals surface area contributed by atoms with Crippen LogP contribution in [0.3, 0.4) is 0 Å². The largest absolute Gasteiger partial charge is 0.464 e. The van der Waals surface area contributed by atoms with Gasteiger partial charge in [0, 0.05) is 22.0 Å². The van der Waals surface area contributed by atoms with E-state index in [9.17, 15) is 0 Å². The summed E-state index contributed by atoms with van der Waals surface area (Å²) in [6.07, 6.45) is -0.273. The van der Waals surface area contributed by atoms with Gasteiger partial charge in [0.1, 0.15) is 5.75 Å². The molecule has 1 spiro atoms. The van der Waals surface area contributed by atoms with Gasteiger partial charge in [0.05, 0.1) is 27.8 Å². The number of hydrogen-bond acceptors (Lipinski definition) is 2. The summed E-state index contributed by atoms with van der Waals surface area (Å²) >= 11 is 0. The van der Waals surface area contributed by atoms with Crippen molar-refractivity contribution in [3.8, 4) is 33.7 Å². The Kier molecular flexibility index (Phi) is 5.76. The fraction of sp³-hybridized carbons (Fsp3) is 0.0400. The Hall–Kier alpha value is -6.84. The Bertz CT molecular complexity index is 2940. The van der Waals surface area contributed by atoms with Crippen molar-refractivity contribution in [2.45, 2.75) is 11.6 Å². The van der Waals surface area contributed by atoms with Gasteiger partial charge in [-0.05, 0) is 80.9 Å². The quantitative estimate of drug-likeness (QED) is 0.185. The van der Waals surface area contributed by atoms with Crippen LogP contribution in [0.1, 0.15) is 34.0 Å². The van der Waals surface area contributed by atoms with Crippen LogP contribution in [-0.4, -0.2) is 4.57 Å². The Morgan fingerprint density at radius 1 is 0.453 bits per heavy atom. The van der Waals surface area contributed by atoms with E-state index in [1.54, 1.807) is 0 Å². The SMILES string of the molecule is c1ccc(N2c3ccccc3OC2c2ccc(-c3cccc4c3C3(c5ccccc5-4)c4ccccc4-n4c5ccccc5c5cccc3c54)cc2)cc1. The molecule has 9 aromatic rings. The molecule has 1 aliphatic carbocycles. The first kappa shape index (κ1) is 28.8. The average Bonchev–Trinajstić information content (AvgIpc) is 3.88. The molecule has 248 valence electrons. The molecule has 0 N–H and O–H groups in total. The molecule has 3 aliphatic rings. The zero-order valence-corrected chi connectivity index (χ0v) is 28.8. The summed E-state index contributed by atoms with van der Waals surface area (Å²) in [5.74, 6) is 0.897. The summed E-state index contributed by atoms with van der Waals surface area (Å²) in [6, 6.07) is 68.8. The standard InChI is InChI=1S/C50H32N2O/c1-2-14-34(15-3-1)51-45-26-10-11-27-46(45)53-49(51)33-30-28-32(29-31-33)35-18-12-19-38-36-16-4-6-21-40(36)50(47(35)38)41-22-7-9-25-44(41)52-43-24-8-5-17-37(43)39-20-13-23-42(50)48(39)52/h1-31,49H. The minimum absolute atomic E-state index is 0.273. The molecule has 0 fully saturated rings. The summed E-state index contributed by atoms with van der Waals surface area (Å²) < 4.78 is 9.18. The number of fused-ring (bicyclic) bond motifs is 13. The van der Waals surface area contributed by atoms with Crippen LogP contribution in [0.5, 0.6) is 5.75 Å². The zero-order chi connectivity index (χ0) is 34.7. The smallest absolute Gasteiger partial charge is 0.203 e. The summed E-state index contributed by atoms with van der Waals surface area (Å²) in [5.41, 5.74) is 16.9. The molecule has 12 rings (SSSR count). The normalized spacial score (nSPS) is 17.4. The van der Waals surface area contributed by atoms with E-state index in [1.165, 1.54) is 72.0 Å². The van der Waals surface area contributed by atoms with E-state index >= 15 is 0 Å². The van der Waals surface area contributed by atoms with E-state index in [0.29, 0.717) is 0 Å². The van der Waals surface area contributed by atoms with Gasteiger partial charge >= 0.3 is 0 Å². The lowest BCUT2D eigenvalue weighted by Gasteiger charge is -2.40. The van der Waals surface area contributed by atoms with E-state index in [4.69, 9.17) is 4.74 Å². The van der Waals surface area contributed by atoms with E-state index < -0.39 is 5.41 Å². The molecule has 2 atom stereocenters. The maximum atomic E-state index is 6.67. The molecule has 3 heterocycles. The number of rotatable bonds is 3. The Labute approximate surface area is 307 Å². The molecule has 2 aliphatic heterocycles. The number of benzene rings is 8. The molecule has 3 heteroatoms. The highest BCUT2D eigenvalue weighted by molar-refractivity contribution is 6.13. The number of ether oxygens (including phenoxy) is 1. The Morgan fingerprint density at radius 2 is 1.09 bits per heavy atom. The molecule has 0 radical (unpaired) electrons. The van der Waals surface area contributed by atoms with E-state index in [1.807, 2.05) is 6.07 Å². The van der Waals surface area contributed by atoms with Gasteiger partial charge in [-0.15, -0.1) is 0 Å². The Balaban J connectivity index is 1.10. The molecule has 2 unspecified atom stereocenters. The first-order valence-corrected chi connectivity index (χ1v) is 18.4. The third kappa shape index (κ3) is 3.68. The first-order valence-electron chi connectivity index (χ1n) is 18.4. The summed E-state index contributed by atoms with van der Waals surface area (Å²) in [4.78, 5) is 2.30. The lowest BCUT2D eigenvalue weighted by atomic mass is 9.64. The number of anilines is 2. The molecule has 0 saturated heterocycles. The maximum absolute atomic E-state index is 6.67. The van der Waals surface area contributed by atoms with Crippen LogP contribution in [0.2, 0.25) is 0 Å². The predicted octanol–water partition coefficient (Wildman–Crippen LogP) is 12.4. The van der Waals surface area contributed by atoms with Crippen molar-refractivity contribution in [3.05, 3.63) is 216 Å². The van der Waals surface area contributed by atoms with Gasteiger partial charge in [0.25, 0.3) is 0 Å². The highest BCUT2D eigenvalue weighted by Crippen LogP contribution is 2.63. The number of nitrogens with zero attached hydrogens (tertiary/aromatic N) is 2. The monoisotopic (exact) mass is 676 g/mol. The molecule has 1 aromatic heterocycles. The third-order valence-corrected chi connectivity index (χ3v) is 11.8. The zero-order valence-electron chi connectivity index (χ0n) is 28.8. The third-order valence-electron chi connectivity index (χ3n) is 11.8. The highest BCUT2D eigenvalue weighted by Gasteiger charge is 2.52. The van der Waals surface area contributed by atoms with Crippen molar-refractivity contribution in [1.29, 1.82) is 0 Å². The van der Waals surface area contributed by atoms with Gasteiger partial charge in [-0.1, -0.05) is 152 Å². The van der Waals surface area contributed by atoms with E-state index in [-0.39, 0.29) is 6.23 Å². The molecule has 53 heavy (non-hydrogen) atoms. The van der Waals surface area contributed by atoms with Gasteiger partial charge in [-0.25, -0.2) is 0 Å². The number of aromatic nitrogens is 1. The van der Waals surface area contributed by atoms with Gasteiger partial charge < -0.3 is 9.30 Å². The first-order chi connectivity index (χ1) is 26.3. The molecular weight excluding hydrogens is 645 g/mol. The molecule has 0 bridgehead atoms. The van der Waals surface area contributed by atoms with Crippen LogP contribution < -0.4 is 9.64 Å². The van der Waals surface area contributed by atoms with Gasteiger partial charge in [-0.2, -0.15) is 0 Å². The van der Waals surface area contributed by atoms with Crippen LogP contribution >= 0.6 is 0 Å². The van der Waals surface area contributed by atoms with Crippen LogP contribution in [0.4, 0.5) is 11.4 Å². The lowest BCUT2D eigenvalue weighted by molar-refractivity contribution is 0.240. The van der Waals surface area contributed by atoms with Crippen molar-refractivity contribution in [1.82, 2.24) is 4.57 Å². The van der Waals surface area contributed by atoms with Gasteiger partial charge in [-0.3, -0.25) is 4.90 Å². The minimum atomic E-state index is -0.512. The molecule has 8 aromatic carbocycles. The van der Waals surface area contributed by atoms with Crippen LogP contribution in [-0.2, 0) is 5.41 Å². The number of para-hydroxylation sites is 6. The minimum Gasteiger partial charge on any atom is -0.464 e. The summed E-state index contributed by atoms with van der Waals surface area (Å²) in [7, 11) is 0. The maximum Gasteiger partial charge on any atom is 0.203 e. The Morgan fingerprint density at radius 3 is 1.98 bits per heavy atom. The topological polar surface area (TPSA) is 17.4 Å². The number of hydrogen-bond donors (Lipinski definition) is 0. The fourth-order valence-electron chi connectivity index (χ4n) is 9.83. The lowest BCUT2D eigenvalue weighted by Crippen LogP contribution is -2.34. The molecular formula is C50H32N2O. The van der Waals surface area contributed by atoms with Crippen LogP contribution in [0, 0.1) is 0 Å². The van der Waals surface area contributed by atoms with Gasteiger partial charge in [0.15, 0.2) is 0 Å². The second-order valence-corrected chi connectivity index (χ2v) is 14.4. The summed E-state index contributed by atoms with van der Waals surface area (Å²) in [5, 5.41) is 2.58. The van der Waals surface area contributed by atoms with Crippen LogP contribution in [0.15, 0.2) is 188 Å². The van der Waals surface area contributed by atoms with Crippen molar-refractivity contribution in [2.24, 2.45) is 0 Å². The van der Waals surface area contributed by atoms with Crippen molar-refractivity contribution >= 4 is 33.2 Å². The van der Waals surface area contributed by atoms with E-state index in [0.717, 1.165) is 22.7 Å². The average molecular weight is 677 g/mol. The fourth-order valence-corrected chi connectivity index (χ4v) is 9.83. The van der Waals surface area contributed by atoms with Crippen molar-refractivity contribution in [3.63, 3.8) is 0 Å². The van der Waals surface area contributed by atoms with Gasteiger partial charge in [0.2, 0.25) is 6.23 Å².